The van der Waals surface area contributed by atoms with Gasteiger partial charge in [-0.15, -0.1) is 10.2 Å². The average molecular weight is 409 g/mol. The zero-order valence-corrected chi connectivity index (χ0v) is 17.4. The molecule has 1 unspecified atom stereocenters. The maximum absolute atomic E-state index is 12.3. The molecule has 0 saturated carbocycles. The third-order valence-corrected chi connectivity index (χ3v) is 5.87. The van der Waals surface area contributed by atoms with Crippen molar-refractivity contribution in [1.29, 1.82) is 0 Å². The van der Waals surface area contributed by atoms with Crippen LogP contribution >= 0.6 is 11.8 Å². The average Bonchev–Trinajstić information content (AvgIpc) is 3.37. The van der Waals surface area contributed by atoms with E-state index in [1.54, 1.807) is 6.33 Å². The Morgan fingerprint density at radius 1 is 1.24 bits per heavy atom. The predicted molar refractivity (Wildman–Crippen MR) is 114 cm³/mol. The van der Waals surface area contributed by atoms with Crippen LogP contribution in [0.3, 0.4) is 0 Å². The molecule has 29 heavy (non-hydrogen) atoms. The molecule has 3 aromatic rings. The van der Waals surface area contributed by atoms with Crippen LogP contribution in [0.15, 0.2) is 60.0 Å². The molecule has 1 aliphatic heterocycles. The van der Waals surface area contributed by atoms with Crippen molar-refractivity contribution in [3.63, 3.8) is 0 Å². The minimum Gasteiger partial charge on any atom is -0.488 e. The Morgan fingerprint density at radius 3 is 2.79 bits per heavy atom. The Bertz CT molecular complexity index is 959. The van der Waals surface area contributed by atoms with Gasteiger partial charge in [-0.25, -0.2) is 0 Å². The van der Waals surface area contributed by atoms with Crippen LogP contribution < -0.4 is 10.1 Å². The van der Waals surface area contributed by atoms with Gasteiger partial charge >= 0.3 is 0 Å². The van der Waals surface area contributed by atoms with Crippen molar-refractivity contribution < 1.29 is 9.53 Å². The molecule has 0 radical (unpaired) electrons. The second-order valence-electron chi connectivity index (χ2n) is 7.37. The molecule has 2 heterocycles. The van der Waals surface area contributed by atoms with Crippen molar-refractivity contribution in [3.05, 3.63) is 66.0 Å². The van der Waals surface area contributed by atoms with Crippen LogP contribution in [-0.2, 0) is 11.2 Å². The summed E-state index contributed by atoms with van der Waals surface area (Å²) < 4.78 is 7.76. The molecule has 6 nitrogen and oxygen atoms in total. The SMILES string of the molecule is CC(C)c1ccc(-n2cnnc2SCC(=O)NCC2Cc3ccccc3O2)cc1. The summed E-state index contributed by atoms with van der Waals surface area (Å²) >= 11 is 1.37. The molecule has 0 aliphatic carbocycles. The maximum atomic E-state index is 12.3. The molecule has 4 rings (SSSR count). The van der Waals surface area contributed by atoms with Crippen LogP contribution in [0, 0.1) is 0 Å². The summed E-state index contributed by atoms with van der Waals surface area (Å²) in [5.41, 5.74) is 3.46. The summed E-state index contributed by atoms with van der Waals surface area (Å²) in [6.07, 6.45) is 2.49. The van der Waals surface area contributed by atoms with Gasteiger partial charge < -0.3 is 10.1 Å². The summed E-state index contributed by atoms with van der Waals surface area (Å²) in [6, 6.07) is 16.3. The second kappa shape index (κ2) is 8.69. The molecule has 0 saturated heterocycles. The van der Waals surface area contributed by atoms with Crippen molar-refractivity contribution in [1.82, 2.24) is 20.1 Å². The Labute approximate surface area is 174 Å². The molecule has 2 aromatic carbocycles. The molecule has 0 spiro atoms. The largest absolute Gasteiger partial charge is 0.488 e. The highest BCUT2D eigenvalue weighted by molar-refractivity contribution is 7.99. The van der Waals surface area contributed by atoms with E-state index in [2.05, 4.69) is 59.7 Å². The van der Waals surface area contributed by atoms with Crippen molar-refractivity contribution in [2.75, 3.05) is 12.3 Å². The van der Waals surface area contributed by atoms with Gasteiger partial charge in [-0.1, -0.05) is 55.9 Å². The van der Waals surface area contributed by atoms with Gasteiger partial charge in [-0.3, -0.25) is 9.36 Å². The van der Waals surface area contributed by atoms with Gasteiger partial charge in [-0.2, -0.15) is 0 Å². The standard InChI is InChI=1S/C22H24N4O2S/c1-15(2)16-7-9-18(10-8-16)26-14-24-25-22(26)29-13-21(27)23-12-19-11-17-5-3-4-6-20(17)28-19/h3-10,14-15,19H,11-13H2,1-2H3,(H,23,27). The highest BCUT2D eigenvalue weighted by atomic mass is 32.2. The first-order valence-electron chi connectivity index (χ1n) is 9.74. The van der Waals surface area contributed by atoms with Gasteiger partial charge in [0.25, 0.3) is 0 Å². The number of hydrogen-bond acceptors (Lipinski definition) is 5. The number of amides is 1. The first-order valence-corrected chi connectivity index (χ1v) is 10.7. The second-order valence-corrected chi connectivity index (χ2v) is 8.32. The van der Waals surface area contributed by atoms with E-state index in [0.717, 1.165) is 17.9 Å². The molecule has 0 bridgehead atoms. The van der Waals surface area contributed by atoms with Gasteiger partial charge in [0.15, 0.2) is 5.16 Å². The van der Waals surface area contributed by atoms with E-state index in [1.165, 1.54) is 22.9 Å². The van der Waals surface area contributed by atoms with Crippen molar-refractivity contribution in [3.8, 4) is 11.4 Å². The fourth-order valence-electron chi connectivity index (χ4n) is 3.30. The number of carbonyl (C=O) groups is 1. The first kappa shape index (κ1) is 19.5. The van der Waals surface area contributed by atoms with E-state index in [9.17, 15) is 4.79 Å². The molecule has 1 aromatic heterocycles. The van der Waals surface area contributed by atoms with Crippen molar-refractivity contribution >= 4 is 17.7 Å². The number of aromatic nitrogens is 3. The van der Waals surface area contributed by atoms with E-state index in [1.807, 2.05) is 22.8 Å². The van der Waals surface area contributed by atoms with E-state index in [-0.39, 0.29) is 17.8 Å². The lowest BCUT2D eigenvalue weighted by molar-refractivity contribution is -0.118. The van der Waals surface area contributed by atoms with E-state index in [4.69, 9.17) is 4.74 Å². The lowest BCUT2D eigenvalue weighted by Crippen LogP contribution is -2.35. The molecular weight excluding hydrogens is 384 g/mol. The fraction of sp³-hybridized carbons (Fsp3) is 0.318. The minimum atomic E-state index is -0.0424. The summed E-state index contributed by atoms with van der Waals surface area (Å²) in [4.78, 5) is 12.3. The molecule has 1 atom stereocenters. The number of nitrogens with zero attached hydrogens (tertiary/aromatic N) is 3. The van der Waals surface area contributed by atoms with E-state index >= 15 is 0 Å². The van der Waals surface area contributed by atoms with Gasteiger partial charge in [0.2, 0.25) is 5.91 Å². The Hall–Kier alpha value is -2.80. The number of thioether (sulfide) groups is 1. The van der Waals surface area contributed by atoms with Gasteiger partial charge in [0.05, 0.1) is 12.3 Å². The first-order chi connectivity index (χ1) is 14.1. The molecule has 1 amide bonds. The number of carbonyl (C=O) groups excluding carboxylic acids is 1. The van der Waals surface area contributed by atoms with Crippen LogP contribution in [-0.4, -0.2) is 39.1 Å². The number of fused-ring (bicyclic) bond motifs is 1. The normalized spacial score (nSPS) is 15.2. The number of para-hydroxylation sites is 1. The van der Waals surface area contributed by atoms with Crippen LogP contribution in [0.25, 0.3) is 5.69 Å². The quantitative estimate of drug-likeness (QED) is 0.605. The number of hydrogen-bond donors (Lipinski definition) is 1. The van der Waals surface area contributed by atoms with Crippen LogP contribution in [0.4, 0.5) is 0 Å². The van der Waals surface area contributed by atoms with Gasteiger partial charge in [0.1, 0.15) is 18.2 Å². The van der Waals surface area contributed by atoms with Gasteiger partial charge in [-0.05, 0) is 35.2 Å². The molecule has 1 aliphatic rings. The molecule has 0 fully saturated rings. The molecule has 7 heteroatoms. The van der Waals surface area contributed by atoms with Crippen LogP contribution in [0.1, 0.15) is 30.9 Å². The highest BCUT2D eigenvalue weighted by Crippen LogP contribution is 2.27. The van der Waals surface area contributed by atoms with E-state index in [0.29, 0.717) is 17.6 Å². The minimum absolute atomic E-state index is 0.00975. The maximum Gasteiger partial charge on any atom is 0.230 e. The lowest BCUT2D eigenvalue weighted by atomic mass is 10.0. The highest BCUT2D eigenvalue weighted by Gasteiger charge is 2.22. The molecule has 1 N–H and O–H groups in total. The summed E-state index contributed by atoms with van der Waals surface area (Å²) in [6.45, 7) is 4.84. The number of benzene rings is 2. The number of rotatable bonds is 7. The number of nitrogens with one attached hydrogen (secondary N) is 1. The third-order valence-electron chi connectivity index (χ3n) is 4.93. The zero-order chi connectivity index (χ0) is 20.2. The fourth-order valence-corrected chi connectivity index (χ4v) is 4.06. The lowest BCUT2D eigenvalue weighted by Gasteiger charge is -2.12. The van der Waals surface area contributed by atoms with Gasteiger partial charge in [0, 0.05) is 12.1 Å². The smallest absolute Gasteiger partial charge is 0.230 e. The Kier molecular flexibility index (Phi) is 5.85. The topological polar surface area (TPSA) is 69.0 Å². The Morgan fingerprint density at radius 2 is 2.03 bits per heavy atom. The van der Waals surface area contributed by atoms with E-state index < -0.39 is 0 Å². The van der Waals surface area contributed by atoms with Crippen LogP contribution in [0.2, 0.25) is 0 Å². The Balaban J connectivity index is 1.29. The summed E-state index contributed by atoms with van der Waals surface area (Å²) in [5, 5.41) is 11.8. The number of ether oxygens (including phenoxy) is 1. The molecular formula is C22H24N4O2S. The summed E-state index contributed by atoms with van der Waals surface area (Å²) in [5.74, 6) is 1.64. The monoisotopic (exact) mass is 408 g/mol. The summed E-state index contributed by atoms with van der Waals surface area (Å²) in [7, 11) is 0. The zero-order valence-electron chi connectivity index (χ0n) is 16.5. The van der Waals surface area contributed by atoms with Crippen molar-refractivity contribution in [2.45, 2.75) is 37.4 Å². The third kappa shape index (κ3) is 4.62. The molecule has 150 valence electrons. The van der Waals surface area contributed by atoms with Crippen molar-refractivity contribution in [2.24, 2.45) is 0 Å². The van der Waals surface area contributed by atoms with Crippen LogP contribution in [0.5, 0.6) is 5.75 Å². The predicted octanol–water partition coefficient (Wildman–Crippen LogP) is 3.60.